The Bertz CT molecular complexity index is 1110. The number of nitrogens with one attached hydrogen (secondary N) is 2. The molecular weight excluding hydrogens is 412 g/mol. The lowest BCUT2D eigenvalue weighted by Gasteiger charge is -2.15. The lowest BCUT2D eigenvalue weighted by atomic mass is 10.1. The van der Waals surface area contributed by atoms with E-state index < -0.39 is 10.0 Å². The molecule has 1 atom stereocenters. The lowest BCUT2D eigenvalue weighted by molar-refractivity contribution is -0.118. The van der Waals surface area contributed by atoms with Gasteiger partial charge in [0.15, 0.2) is 6.61 Å². The van der Waals surface area contributed by atoms with Crippen LogP contribution in [0.25, 0.3) is 0 Å². The van der Waals surface area contributed by atoms with E-state index in [4.69, 9.17) is 4.74 Å². The van der Waals surface area contributed by atoms with Gasteiger partial charge in [0.05, 0.1) is 4.90 Å². The number of ether oxygens (including phenoxy) is 1. The van der Waals surface area contributed by atoms with Crippen LogP contribution in [0.2, 0.25) is 0 Å². The number of hydrogen-bond acceptors (Lipinski definition) is 4. The normalized spacial score (nSPS) is 12.2. The van der Waals surface area contributed by atoms with E-state index in [0.717, 1.165) is 23.2 Å². The molecule has 162 valence electrons. The number of carbonyl (C=O) groups excluding carboxylic acids is 1. The van der Waals surface area contributed by atoms with E-state index in [0.29, 0.717) is 5.75 Å². The molecule has 0 fully saturated rings. The molecule has 7 heteroatoms. The summed E-state index contributed by atoms with van der Waals surface area (Å²) in [5.74, 6) is 0.130. The van der Waals surface area contributed by atoms with Crippen LogP contribution in [0.5, 0.6) is 5.75 Å². The van der Waals surface area contributed by atoms with Gasteiger partial charge in [-0.1, -0.05) is 55.5 Å². The summed E-state index contributed by atoms with van der Waals surface area (Å²) in [5, 5.41) is 2.83. The molecule has 1 amide bonds. The highest BCUT2D eigenvalue weighted by atomic mass is 32.2. The number of amides is 1. The fourth-order valence-corrected chi connectivity index (χ4v) is 4.34. The summed E-state index contributed by atoms with van der Waals surface area (Å²) in [5.41, 5.74) is 2.68. The van der Waals surface area contributed by atoms with Crippen LogP contribution in [0.4, 0.5) is 5.69 Å². The molecule has 0 saturated heterocycles. The number of aryl methyl sites for hydroxylation is 1. The molecule has 0 saturated carbocycles. The van der Waals surface area contributed by atoms with Crippen LogP contribution in [0, 0.1) is 0 Å². The Hall–Kier alpha value is -3.16. The topological polar surface area (TPSA) is 84.5 Å². The summed E-state index contributed by atoms with van der Waals surface area (Å²) in [6.07, 6.45) is 0.810. The van der Waals surface area contributed by atoms with Gasteiger partial charge in [-0.25, -0.2) is 13.1 Å². The fraction of sp³-hybridized carbons (Fsp3) is 0.208. The monoisotopic (exact) mass is 438 g/mol. The average molecular weight is 439 g/mol. The van der Waals surface area contributed by atoms with Crippen molar-refractivity contribution in [2.24, 2.45) is 0 Å². The average Bonchev–Trinajstić information content (AvgIpc) is 2.78. The number of sulfonamides is 1. The second kappa shape index (κ2) is 10.2. The van der Waals surface area contributed by atoms with Gasteiger partial charge in [0.2, 0.25) is 10.0 Å². The number of hydrogen-bond donors (Lipinski definition) is 2. The molecule has 2 N–H and O–H groups in total. The quantitative estimate of drug-likeness (QED) is 0.522. The van der Waals surface area contributed by atoms with E-state index in [2.05, 4.69) is 10.0 Å². The van der Waals surface area contributed by atoms with Gasteiger partial charge in [0, 0.05) is 11.7 Å². The van der Waals surface area contributed by atoms with E-state index in [-0.39, 0.29) is 23.5 Å². The Morgan fingerprint density at radius 2 is 1.58 bits per heavy atom. The molecule has 0 aliphatic rings. The molecule has 3 aromatic carbocycles. The first-order valence-electron chi connectivity index (χ1n) is 10.1. The molecule has 0 bridgehead atoms. The second-order valence-electron chi connectivity index (χ2n) is 7.07. The van der Waals surface area contributed by atoms with Gasteiger partial charge in [-0.2, -0.15) is 0 Å². The fourth-order valence-electron chi connectivity index (χ4n) is 3.11. The molecule has 3 aromatic rings. The van der Waals surface area contributed by atoms with Gasteiger partial charge >= 0.3 is 0 Å². The summed E-state index contributed by atoms with van der Waals surface area (Å²) >= 11 is 0. The van der Waals surface area contributed by atoms with Gasteiger partial charge in [0.25, 0.3) is 5.91 Å². The molecule has 0 spiro atoms. The van der Waals surface area contributed by atoms with Gasteiger partial charge in [0.1, 0.15) is 5.75 Å². The van der Waals surface area contributed by atoms with Crippen molar-refractivity contribution in [3.8, 4) is 5.75 Å². The van der Waals surface area contributed by atoms with Crippen LogP contribution >= 0.6 is 0 Å². The van der Waals surface area contributed by atoms with Crippen LogP contribution in [0.3, 0.4) is 0 Å². The van der Waals surface area contributed by atoms with Crippen LogP contribution in [0.1, 0.15) is 31.0 Å². The molecule has 0 heterocycles. The number of rotatable bonds is 9. The maximum absolute atomic E-state index is 12.6. The Labute approximate surface area is 183 Å². The predicted molar refractivity (Wildman–Crippen MR) is 122 cm³/mol. The number of carbonyl (C=O) groups is 1. The van der Waals surface area contributed by atoms with Crippen molar-refractivity contribution in [1.29, 1.82) is 0 Å². The van der Waals surface area contributed by atoms with Crippen molar-refractivity contribution in [1.82, 2.24) is 4.72 Å². The van der Waals surface area contributed by atoms with Crippen molar-refractivity contribution in [3.63, 3.8) is 0 Å². The summed E-state index contributed by atoms with van der Waals surface area (Å²) < 4.78 is 33.4. The lowest BCUT2D eigenvalue weighted by Crippen LogP contribution is -2.26. The largest absolute Gasteiger partial charge is 0.484 e. The number of para-hydroxylation sites is 1. The number of benzene rings is 3. The molecule has 0 aliphatic heterocycles. The molecule has 0 unspecified atom stereocenters. The third-order valence-electron chi connectivity index (χ3n) is 4.81. The number of anilines is 1. The predicted octanol–water partition coefficient (Wildman–Crippen LogP) is 4.31. The summed E-state index contributed by atoms with van der Waals surface area (Å²) in [7, 11) is -3.69. The SMILES string of the molecule is CCc1ccccc1NC(=O)COc1ccc(S(=O)(=O)N[C@H](C)c2ccccc2)cc1. The second-order valence-corrected chi connectivity index (χ2v) is 8.79. The highest BCUT2D eigenvalue weighted by Crippen LogP contribution is 2.20. The van der Waals surface area contributed by atoms with E-state index in [1.54, 1.807) is 6.92 Å². The molecule has 0 radical (unpaired) electrons. The maximum Gasteiger partial charge on any atom is 0.262 e. The van der Waals surface area contributed by atoms with Crippen LogP contribution in [-0.4, -0.2) is 20.9 Å². The third kappa shape index (κ3) is 6.16. The van der Waals surface area contributed by atoms with Crippen molar-refractivity contribution >= 4 is 21.6 Å². The molecule has 3 rings (SSSR count). The first-order chi connectivity index (χ1) is 14.9. The maximum atomic E-state index is 12.6. The van der Waals surface area contributed by atoms with Crippen LogP contribution in [-0.2, 0) is 21.2 Å². The minimum absolute atomic E-state index is 0.129. The van der Waals surface area contributed by atoms with E-state index >= 15 is 0 Å². The van der Waals surface area contributed by atoms with Gasteiger partial charge in [-0.3, -0.25) is 4.79 Å². The van der Waals surface area contributed by atoms with E-state index in [1.165, 1.54) is 24.3 Å². The molecule has 0 aliphatic carbocycles. The van der Waals surface area contributed by atoms with Crippen molar-refractivity contribution < 1.29 is 17.9 Å². The Kier molecular flexibility index (Phi) is 7.44. The van der Waals surface area contributed by atoms with E-state index in [1.807, 2.05) is 61.5 Å². The zero-order chi connectivity index (χ0) is 22.3. The summed E-state index contributed by atoms with van der Waals surface area (Å²) in [4.78, 5) is 12.3. The highest BCUT2D eigenvalue weighted by Gasteiger charge is 2.18. The van der Waals surface area contributed by atoms with Crippen LogP contribution in [0.15, 0.2) is 83.8 Å². The van der Waals surface area contributed by atoms with E-state index in [9.17, 15) is 13.2 Å². The molecular formula is C24H26N2O4S. The first kappa shape index (κ1) is 22.5. The zero-order valence-electron chi connectivity index (χ0n) is 17.5. The Morgan fingerprint density at radius 3 is 2.26 bits per heavy atom. The van der Waals surface area contributed by atoms with Crippen molar-refractivity contribution in [2.45, 2.75) is 31.2 Å². The minimum Gasteiger partial charge on any atom is -0.484 e. The summed E-state index contributed by atoms with van der Waals surface area (Å²) in [6, 6.07) is 22.6. The standard InChI is InChI=1S/C24H26N2O4S/c1-3-19-9-7-8-12-23(19)25-24(27)17-30-21-13-15-22(16-14-21)31(28,29)26-18(2)20-10-5-4-6-11-20/h4-16,18,26H,3,17H2,1-2H3,(H,25,27)/t18-/m1/s1. The Balaban J connectivity index is 1.57. The summed E-state index contributed by atoms with van der Waals surface area (Å²) in [6.45, 7) is 3.64. The zero-order valence-corrected chi connectivity index (χ0v) is 18.4. The molecule has 6 nitrogen and oxygen atoms in total. The van der Waals surface area contributed by atoms with Crippen molar-refractivity contribution in [2.75, 3.05) is 11.9 Å². The first-order valence-corrected chi connectivity index (χ1v) is 11.5. The van der Waals surface area contributed by atoms with Crippen molar-refractivity contribution in [3.05, 3.63) is 90.0 Å². The van der Waals surface area contributed by atoms with Gasteiger partial charge < -0.3 is 10.1 Å². The highest BCUT2D eigenvalue weighted by molar-refractivity contribution is 7.89. The smallest absolute Gasteiger partial charge is 0.262 e. The van der Waals surface area contributed by atoms with Gasteiger partial charge in [-0.15, -0.1) is 0 Å². The third-order valence-corrected chi connectivity index (χ3v) is 6.36. The molecule has 31 heavy (non-hydrogen) atoms. The minimum atomic E-state index is -3.69. The van der Waals surface area contributed by atoms with Crippen LogP contribution < -0.4 is 14.8 Å². The van der Waals surface area contributed by atoms with Gasteiger partial charge in [-0.05, 0) is 54.8 Å². The Morgan fingerprint density at radius 1 is 0.935 bits per heavy atom. The molecule has 0 aromatic heterocycles.